The van der Waals surface area contributed by atoms with Gasteiger partial charge in [0, 0.05) is 49.3 Å². The molecule has 0 saturated carbocycles. The minimum absolute atomic E-state index is 0.0891. The average Bonchev–Trinajstić information content (AvgIpc) is 3.79. The summed E-state index contributed by atoms with van der Waals surface area (Å²) in [6, 6.07) is 10.1. The molecule has 1 saturated heterocycles. The van der Waals surface area contributed by atoms with Gasteiger partial charge in [-0.25, -0.2) is 9.37 Å². The number of carbonyl (C=O) groups is 1. The number of nitrogens with one attached hydrogen (secondary N) is 4. The molecular formula is C33H30F4N8O. The van der Waals surface area contributed by atoms with E-state index < -0.39 is 23.5 Å². The van der Waals surface area contributed by atoms with Crippen molar-refractivity contribution < 1.29 is 22.4 Å². The van der Waals surface area contributed by atoms with E-state index in [4.69, 9.17) is 0 Å². The van der Waals surface area contributed by atoms with E-state index in [-0.39, 0.29) is 29.4 Å². The number of hydrogen-bond acceptors (Lipinski definition) is 6. The first-order valence-electron chi connectivity index (χ1n) is 14.5. The summed E-state index contributed by atoms with van der Waals surface area (Å²) in [5.74, 6) is 4.32. The third kappa shape index (κ3) is 6.58. The number of likely N-dealkylation sites (N-methyl/N-ethyl adjacent to an activating group) is 1. The van der Waals surface area contributed by atoms with Crippen LogP contribution in [0.15, 0.2) is 67.3 Å². The molecule has 0 bridgehead atoms. The molecule has 6 rings (SSSR count). The Bertz CT molecular complexity index is 1960. The molecule has 13 heteroatoms. The number of fused-ring (bicyclic) bond motifs is 1. The maximum absolute atomic E-state index is 15.0. The molecule has 46 heavy (non-hydrogen) atoms. The number of anilines is 3. The van der Waals surface area contributed by atoms with Gasteiger partial charge in [0.15, 0.2) is 5.65 Å². The van der Waals surface area contributed by atoms with Crippen molar-refractivity contribution in [3.05, 3.63) is 107 Å². The number of amides is 1. The Kier molecular flexibility index (Phi) is 8.48. The number of aryl methyl sites for hydroxylation is 1. The number of halogens is 4. The molecule has 1 fully saturated rings. The van der Waals surface area contributed by atoms with E-state index in [0.717, 1.165) is 23.9 Å². The van der Waals surface area contributed by atoms with Crippen LogP contribution in [0.2, 0.25) is 0 Å². The molecule has 0 spiro atoms. The summed E-state index contributed by atoms with van der Waals surface area (Å²) in [6.45, 7) is 3.11. The van der Waals surface area contributed by atoms with Gasteiger partial charge in [0.25, 0.3) is 5.91 Å². The number of nitrogens with zero attached hydrogens (tertiary/aromatic N) is 4. The van der Waals surface area contributed by atoms with Crippen molar-refractivity contribution in [1.82, 2.24) is 29.8 Å². The highest BCUT2D eigenvalue weighted by molar-refractivity contribution is 6.04. The summed E-state index contributed by atoms with van der Waals surface area (Å²) < 4.78 is 58.9. The fraction of sp³-hybridized carbons (Fsp3) is 0.242. The molecule has 0 radical (unpaired) electrons. The van der Waals surface area contributed by atoms with Gasteiger partial charge in [0.05, 0.1) is 34.9 Å². The van der Waals surface area contributed by atoms with Crippen LogP contribution in [0, 0.1) is 24.6 Å². The van der Waals surface area contributed by atoms with Gasteiger partial charge < -0.3 is 16.0 Å². The Balaban J connectivity index is 1.23. The molecule has 1 aliphatic heterocycles. The standard InChI is InChI=1S/C33H30F4N8O/c1-20-12-29(34)27(13-21(20)6-8-26-17-39-31-30(4-3-10-45(26)31)42-25-15-40-41-16-25)32(46)43-23-7-5-22(28(14-23)33(35,36)37)18-44-11-9-24(19-44)38-2/h3-5,7,10,12-17,24,38,42H,9,11,18-19H2,1-2H3,(H,40,41)(H,43,46). The summed E-state index contributed by atoms with van der Waals surface area (Å²) in [6.07, 6.45) is 2.96. The largest absolute Gasteiger partial charge is 0.416 e. The molecule has 1 unspecified atom stereocenters. The van der Waals surface area contributed by atoms with Gasteiger partial charge in [0.2, 0.25) is 0 Å². The Hall–Kier alpha value is -5.19. The van der Waals surface area contributed by atoms with Crippen LogP contribution in [0.25, 0.3) is 5.65 Å². The number of hydrogen-bond donors (Lipinski definition) is 4. The van der Waals surface area contributed by atoms with Gasteiger partial charge in [-0.1, -0.05) is 12.0 Å². The zero-order valence-corrected chi connectivity index (χ0v) is 25.0. The van der Waals surface area contributed by atoms with Crippen LogP contribution in [0.4, 0.5) is 34.6 Å². The van der Waals surface area contributed by atoms with E-state index in [0.29, 0.717) is 35.6 Å². The number of benzene rings is 2. The molecule has 3 aromatic heterocycles. The van der Waals surface area contributed by atoms with Crippen molar-refractivity contribution in [1.29, 1.82) is 0 Å². The lowest BCUT2D eigenvalue weighted by Gasteiger charge is -2.20. The van der Waals surface area contributed by atoms with Crippen LogP contribution < -0.4 is 16.0 Å². The molecule has 1 amide bonds. The predicted octanol–water partition coefficient (Wildman–Crippen LogP) is 5.71. The molecular weight excluding hydrogens is 600 g/mol. The summed E-state index contributed by atoms with van der Waals surface area (Å²) in [5.41, 5.74) is 2.37. The summed E-state index contributed by atoms with van der Waals surface area (Å²) in [4.78, 5) is 19.6. The van der Waals surface area contributed by atoms with Crippen molar-refractivity contribution in [3.63, 3.8) is 0 Å². The molecule has 0 aliphatic carbocycles. The average molecular weight is 631 g/mol. The Labute approximate surface area is 262 Å². The second-order valence-electron chi connectivity index (χ2n) is 11.1. The zero-order valence-electron chi connectivity index (χ0n) is 25.0. The lowest BCUT2D eigenvalue weighted by molar-refractivity contribution is -0.138. The Morgan fingerprint density at radius 1 is 1.13 bits per heavy atom. The minimum Gasteiger partial charge on any atom is -0.350 e. The van der Waals surface area contributed by atoms with E-state index >= 15 is 0 Å². The third-order valence-electron chi connectivity index (χ3n) is 7.94. The highest BCUT2D eigenvalue weighted by Gasteiger charge is 2.35. The number of H-pyrrole nitrogens is 1. The molecule has 1 atom stereocenters. The number of aromatic amines is 1. The van der Waals surface area contributed by atoms with Crippen LogP contribution in [0.1, 0.15) is 44.7 Å². The Morgan fingerprint density at radius 2 is 1.98 bits per heavy atom. The first kappa shape index (κ1) is 30.8. The molecule has 4 heterocycles. The third-order valence-corrected chi connectivity index (χ3v) is 7.94. The van der Waals surface area contributed by atoms with Crippen LogP contribution in [0.3, 0.4) is 0 Å². The smallest absolute Gasteiger partial charge is 0.350 e. The van der Waals surface area contributed by atoms with Crippen LogP contribution in [0.5, 0.6) is 0 Å². The zero-order chi connectivity index (χ0) is 32.4. The number of carbonyl (C=O) groups excluding carboxylic acids is 1. The fourth-order valence-corrected chi connectivity index (χ4v) is 5.50. The number of aromatic nitrogens is 4. The number of pyridine rings is 1. The fourth-order valence-electron chi connectivity index (χ4n) is 5.50. The van der Waals surface area contributed by atoms with E-state index in [1.54, 1.807) is 36.1 Å². The lowest BCUT2D eigenvalue weighted by atomic mass is 10.0. The van der Waals surface area contributed by atoms with Gasteiger partial charge >= 0.3 is 6.18 Å². The van der Waals surface area contributed by atoms with Crippen molar-refractivity contribution in [2.75, 3.05) is 30.8 Å². The van der Waals surface area contributed by atoms with E-state index in [9.17, 15) is 22.4 Å². The molecule has 4 N–H and O–H groups in total. The topological polar surface area (TPSA) is 102 Å². The number of likely N-dealkylation sites (tertiary alicyclic amines) is 1. The maximum atomic E-state index is 15.0. The normalized spacial score (nSPS) is 15.1. The maximum Gasteiger partial charge on any atom is 0.416 e. The highest BCUT2D eigenvalue weighted by atomic mass is 19.4. The molecule has 9 nitrogen and oxygen atoms in total. The van der Waals surface area contributed by atoms with Gasteiger partial charge in [-0.2, -0.15) is 18.3 Å². The van der Waals surface area contributed by atoms with Crippen molar-refractivity contribution in [2.24, 2.45) is 0 Å². The van der Waals surface area contributed by atoms with Crippen LogP contribution >= 0.6 is 0 Å². The van der Waals surface area contributed by atoms with Gasteiger partial charge in [-0.3, -0.25) is 19.2 Å². The van der Waals surface area contributed by atoms with Gasteiger partial charge in [-0.05, 0) is 73.8 Å². The van der Waals surface area contributed by atoms with Crippen molar-refractivity contribution >= 4 is 28.6 Å². The SMILES string of the molecule is CNC1CCN(Cc2ccc(NC(=O)c3cc(C#Cc4cnc5c(Nc6cn[nH]c6)cccn45)c(C)cc3F)cc2C(F)(F)F)C1. The van der Waals surface area contributed by atoms with E-state index in [2.05, 4.69) is 43.0 Å². The molecule has 1 aliphatic rings. The number of alkyl halides is 3. The summed E-state index contributed by atoms with van der Waals surface area (Å²) in [5, 5.41) is 15.5. The lowest BCUT2D eigenvalue weighted by Crippen LogP contribution is -2.29. The van der Waals surface area contributed by atoms with Crippen molar-refractivity contribution in [3.8, 4) is 11.8 Å². The van der Waals surface area contributed by atoms with Crippen molar-refractivity contribution in [2.45, 2.75) is 32.1 Å². The Morgan fingerprint density at radius 3 is 2.72 bits per heavy atom. The quantitative estimate of drug-likeness (QED) is 0.136. The van der Waals surface area contributed by atoms with Crippen LogP contribution in [-0.2, 0) is 12.7 Å². The van der Waals surface area contributed by atoms with Crippen LogP contribution in [-0.4, -0.2) is 56.6 Å². The monoisotopic (exact) mass is 630 g/mol. The van der Waals surface area contributed by atoms with Gasteiger partial charge in [0.1, 0.15) is 11.5 Å². The number of rotatable bonds is 7. The van der Waals surface area contributed by atoms with E-state index in [1.807, 2.05) is 24.1 Å². The predicted molar refractivity (Wildman–Crippen MR) is 166 cm³/mol. The number of imidazole rings is 1. The first-order chi connectivity index (χ1) is 22.1. The second kappa shape index (κ2) is 12.7. The second-order valence-corrected chi connectivity index (χ2v) is 11.1. The first-order valence-corrected chi connectivity index (χ1v) is 14.5. The molecule has 2 aromatic carbocycles. The summed E-state index contributed by atoms with van der Waals surface area (Å²) in [7, 11) is 1.83. The minimum atomic E-state index is -4.63. The van der Waals surface area contributed by atoms with Gasteiger partial charge in [-0.15, -0.1) is 0 Å². The van der Waals surface area contributed by atoms with E-state index in [1.165, 1.54) is 24.3 Å². The molecule has 5 aromatic rings. The molecule has 236 valence electrons. The summed E-state index contributed by atoms with van der Waals surface area (Å²) >= 11 is 0. The highest BCUT2D eigenvalue weighted by Crippen LogP contribution is 2.35.